The van der Waals surface area contributed by atoms with Crippen molar-refractivity contribution in [2.75, 3.05) is 26.9 Å². The summed E-state index contributed by atoms with van der Waals surface area (Å²) in [5.74, 6) is -0.826. The molecule has 0 aromatic carbocycles. The van der Waals surface area contributed by atoms with Crippen molar-refractivity contribution in [2.45, 2.75) is 32.9 Å². The summed E-state index contributed by atoms with van der Waals surface area (Å²) in [6, 6.07) is -0.767. The van der Waals surface area contributed by atoms with Crippen molar-refractivity contribution in [2.24, 2.45) is 0 Å². The van der Waals surface area contributed by atoms with Gasteiger partial charge in [-0.05, 0) is 13.8 Å². The SMILES string of the molecule is COC(=O)C(COCCOC(C)C)NC(C)=O. The Balaban J connectivity index is 3.84. The Hall–Kier alpha value is -1.14. The number of hydrogen-bond donors (Lipinski definition) is 1. The zero-order chi connectivity index (χ0) is 13.3. The van der Waals surface area contributed by atoms with Crippen LogP contribution in [0.15, 0.2) is 0 Å². The largest absolute Gasteiger partial charge is 0.467 e. The van der Waals surface area contributed by atoms with Crippen molar-refractivity contribution >= 4 is 11.9 Å². The van der Waals surface area contributed by atoms with E-state index in [1.165, 1.54) is 14.0 Å². The first-order chi connectivity index (χ1) is 7.97. The third-order valence-corrected chi connectivity index (χ3v) is 1.83. The van der Waals surface area contributed by atoms with Crippen molar-refractivity contribution in [3.8, 4) is 0 Å². The maximum absolute atomic E-state index is 11.3. The topological polar surface area (TPSA) is 73.9 Å². The summed E-state index contributed by atoms with van der Waals surface area (Å²) in [5.41, 5.74) is 0. The van der Waals surface area contributed by atoms with Crippen molar-refractivity contribution in [3.05, 3.63) is 0 Å². The predicted molar refractivity (Wildman–Crippen MR) is 61.5 cm³/mol. The maximum Gasteiger partial charge on any atom is 0.330 e. The smallest absolute Gasteiger partial charge is 0.330 e. The highest BCUT2D eigenvalue weighted by molar-refractivity contribution is 5.83. The molecule has 6 nitrogen and oxygen atoms in total. The number of nitrogens with one attached hydrogen (secondary N) is 1. The van der Waals surface area contributed by atoms with Crippen LogP contribution >= 0.6 is 0 Å². The molecule has 17 heavy (non-hydrogen) atoms. The van der Waals surface area contributed by atoms with Gasteiger partial charge < -0.3 is 19.5 Å². The Morgan fingerprint density at radius 2 is 1.88 bits per heavy atom. The van der Waals surface area contributed by atoms with Gasteiger partial charge in [-0.1, -0.05) is 0 Å². The molecule has 0 aromatic heterocycles. The van der Waals surface area contributed by atoms with Crippen LogP contribution in [0.1, 0.15) is 20.8 Å². The number of carbonyl (C=O) groups excluding carboxylic acids is 2. The average molecular weight is 247 g/mol. The van der Waals surface area contributed by atoms with Crippen LogP contribution in [0, 0.1) is 0 Å². The van der Waals surface area contributed by atoms with Crippen LogP contribution in [0.4, 0.5) is 0 Å². The number of carbonyl (C=O) groups is 2. The van der Waals surface area contributed by atoms with Gasteiger partial charge in [0.15, 0.2) is 6.04 Å². The first kappa shape index (κ1) is 15.9. The van der Waals surface area contributed by atoms with E-state index in [9.17, 15) is 9.59 Å². The van der Waals surface area contributed by atoms with Gasteiger partial charge in [-0.15, -0.1) is 0 Å². The highest BCUT2D eigenvalue weighted by Crippen LogP contribution is 1.92. The van der Waals surface area contributed by atoms with Gasteiger partial charge in [0, 0.05) is 6.92 Å². The minimum atomic E-state index is -0.767. The summed E-state index contributed by atoms with van der Waals surface area (Å²) >= 11 is 0. The van der Waals surface area contributed by atoms with Crippen LogP contribution in [0.3, 0.4) is 0 Å². The molecule has 6 heteroatoms. The third kappa shape index (κ3) is 8.65. The number of hydrogen-bond acceptors (Lipinski definition) is 5. The minimum Gasteiger partial charge on any atom is -0.467 e. The van der Waals surface area contributed by atoms with E-state index in [0.717, 1.165) is 0 Å². The van der Waals surface area contributed by atoms with Crippen LogP contribution in [0.25, 0.3) is 0 Å². The number of amides is 1. The molecule has 1 amide bonds. The van der Waals surface area contributed by atoms with Gasteiger partial charge in [0.2, 0.25) is 5.91 Å². The minimum absolute atomic E-state index is 0.0771. The van der Waals surface area contributed by atoms with Crippen LogP contribution in [0.5, 0.6) is 0 Å². The average Bonchev–Trinajstić information content (AvgIpc) is 2.25. The summed E-state index contributed by atoms with van der Waals surface area (Å²) in [5, 5.41) is 2.45. The molecular weight excluding hydrogens is 226 g/mol. The molecule has 0 heterocycles. The summed E-state index contributed by atoms with van der Waals surface area (Å²) in [4.78, 5) is 22.1. The number of ether oxygens (including phenoxy) is 3. The zero-order valence-corrected chi connectivity index (χ0v) is 10.8. The lowest BCUT2D eigenvalue weighted by Gasteiger charge is -2.15. The Morgan fingerprint density at radius 1 is 1.24 bits per heavy atom. The molecule has 0 aliphatic rings. The van der Waals surface area contributed by atoms with Crippen molar-refractivity contribution < 1.29 is 23.8 Å². The molecule has 0 spiro atoms. The van der Waals surface area contributed by atoms with E-state index in [1.54, 1.807) is 0 Å². The molecular formula is C11H21NO5. The molecule has 0 radical (unpaired) electrons. The first-order valence-corrected chi connectivity index (χ1v) is 5.51. The number of methoxy groups -OCH3 is 1. The molecule has 0 rings (SSSR count). The fourth-order valence-corrected chi connectivity index (χ4v) is 1.10. The van der Waals surface area contributed by atoms with Crippen LogP contribution in [-0.2, 0) is 23.8 Å². The normalized spacial score (nSPS) is 12.3. The molecule has 1 N–H and O–H groups in total. The second-order valence-electron chi connectivity index (χ2n) is 3.77. The van der Waals surface area contributed by atoms with E-state index in [4.69, 9.17) is 9.47 Å². The monoisotopic (exact) mass is 247 g/mol. The molecule has 0 aromatic rings. The lowest BCUT2D eigenvalue weighted by atomic mass is 10.3. The lowest BCUT2D eigenvalue weighted by molar-refractivity contribution is -0.146. The summed E-state index contributed by atoms with van der Waals surface area (Å²) in [6.45, 7) is 6.07. The highest BCUT2D eigenvalue weighted by atomic mass is 16.5. The van der Waals surface area contributed by atoms with Crippen molar-refractivity contribution in [1.29, 1.82) is 0 Å². The number of rotatable bonds is 8. The van der Waals surface area contributed by atoms with Gasteiger partial charge in [0.1, 0.15) is 0 Å². The van der Waals surface area contributed by atoms with E-state index >= 15 is 0 Å². The fraction of sp³-hybridized carbons (Fsp3) is 0.818. The Kier molecular flexibility index (Phi) is 8.35. The van der Waals surface area contributed by atoms with Crippen LogP contribution in [-0.4, -0.2) is 51.0 Å². The number of esters is 1. The maximum atomic E-state index is 11.3. The first-order valence-electron chi connectivity index (χ1n) is 5.51. The third-order valence-electron chi connectivity index (χ3n) is 1.83. The van der Waals surface area contributed by atoms with E-state index < -0.39 is 12.0 Å². The second-order valence-corrected chi connectivity index (χ2v) is 3.77. The van der Waals surface area contributed by atoms with Crippen LogP contribution in [0.2, 0.25) is 0 Å². The van der Waals surface area contributed by atoms with Gasteiger partial charge in [-0.25, -0.2) is 4.79 Å². The molecule has 0 saturated carbocycles. The second kappa shape index (κ2) is 8.95. The van der Waals surface area contributed by atoms with Gasteiger partial charge in [-0.2, -0.15) is 0 Å². The molecule has 0 aliphatic carbocycles. The molecule has 0 saturated heterocycles. The molecule has 0 fully saturated rings. The Bertz CT molecular complexity index is 242. The van der Waals surface area contributed by atoms with Crippen molar-refractivity contribution in [3.63, 3.8) is 0 Å². The van der Waals surface area contributed by atoms with E-state index in [1.807, 2.05) is 13.8 Å². The summed E-state index contributed by atoms with van der Waals surface area (Å²) in [6.07, 6.45) is 0.144. The molecule has 0 aliphatic heterocycles. The van der Waals surface area contributed by atoms with E-state index in [2.05, 4.69) is 10.1 Å². The fourth-order valence-electron chi connectivity index (χ4n) is 1.10. The highest BCUT2D eigenvalue weighted by Gasteiger charge is 2.19. The molecule has 100 valence electrons. The Morgan fingerprint density at radius 3 is 2.35 bits per heavy atom. The van der Waals surface area contributed by atoms with Crippen molar-refractivity contribution in [1.82, 2.24) is 5.32 Å². The molecule has 0 bridgehead atoms. The van der Waals surface area contributed by atoms with Crippen LogP contribution < -0.4 is 5.32 Å². The standard InChI is InChI=1S/C11H21NO5/c1-8(2)17-6-5-16-7-10(11(14)15-4)12-9(3)13/h8,10H,5-7H2,1-4H3,(H,12,13). The summed E-state index contributed by atoms with van der Waals surface area (Å²) < 4.78 is 15.0. The molecule has 1 unspecified atom stereocenters. The van der Waals surface area contributed by atoms with Gasteiger partial charge >= 0.3 is 5.97 Å². The Labute approximate surface area is 102 Å². The van der Waals surface area contributed by atoms with E-state index in [-0.39, 0.29) is 18.6 Å². The molecule has 1 atom stereocenters. The quantitative estimate of drug-likeness (QED) is 0.486. The lowest BCUT2D eigenvalue weighted by Crippen LogP contribution is -2.44. The van der Waals surface area contributed by atoms with Gasteiger partial charge in [-0.3, -0.25) is 4.79 Å². The predicted octanol–water partition coefficient (Wildman–Crippen LogP) is 0.106. The van der Waals surface area contributed by atoms with Gasteiger partial charge in [0.05, 0.1) is 33.0 Å². The zero-order valence-electron chi connectivity index (χ0n) is 10.8. The summed E-state index contributed by atoms with van der Waals surface area (Å²) in [7, 11) is 1.26. The van der Waals surface area contributed by atoms with E-state index in [0.29, 0.717) is 13.2 Å². The van der Waals surface area contributed by atoms with Gasteiger partial charge in [0.25, 0.3) is 0 Å².